The number of aromatic nitrogens is 1. The van der Waals surface area contributed by atoms with E-state index in [2.05, 4.69) is 41.3 Å². The molecule has 1 aliphatic rings. The fourth-order valence-corrected chi connectivity index (χ4v) is 3.86. The van der Waals surface area contributed by atoms with Gasteiger partial charge in [-0.05, 0) is 58.7 Å². The summed E-state index contributed by atoms with van der Waals surface area (Å²) < 4.78 is 0. The summed E-state index contributed by atoms with van der Waals surface area (Å²) >= 11 is 1.78. The summed E-state index contributed by atoms with van der Waals surface area (Å²) in [6.45, 7) is 12.9. The topological polar surface area (TPSA) is 52.5 Å². The summed E-state index contributed by atoms with van der Waals surface area (Å²) in [4.78, 5) is 13.1. The third-order valence-electron chi connectivity index (χ3n) is 4.40. The second kappa shape index (κ2) is 12.9. The SMILES string of the molecule is CCCN1CCC(CN=C(NCC)NCCc2ncc(C)s2)CC1.I. The quantitative estimate of drug-likeness (QED) is 0.342. The Hall–Kier alpha value is -0.410. The molecule has 0 radical (unpaired) electrons. The number of likely N-dealkylation sites (tertiary alicyclic amines) is 1. The molecule has 1 fully saturated rings. The van der Waals surface area contributed by atoms with Crippen LogP contribution in [0.2, 0.25) is 0 Å². The van der Waals surface area contributed by atoms with Crippen molar-refractivity contribution < 1.29 is 0 Å². The highest BCUT2D eigenvalue weighted by atomic mass is 127. The number of hydrogen-bond acceptors (Lipinski definition) is 4. The molecule has 5 nitrogen and oxygen atoms in total. The van der Waals surface area contributed by atoms with Gasteiger partial charge in [-0.25, -0.2) is 4.98 Å². The molecule has 2 rings (SSSR count). The van der Waals surface area contributed by atoms with E-state index >= 15 is 0 Å². The lowest BCUT2D eigenvalue weighted by atomic mass is 9.97. The van der Waals surface area contributed by atoms with Crippen LogP contribution >= 0.6 is 35.3 Å². The Morgan fingerprint density at radius 3 is 2.68 bits per heavy atom. The molecule has 0 bridgehead atoms. The molecule has 25 heavy (non-hydrogen) atoms. The van der Waals surface area contributed by atoms with Crippen molar-refractivity contribution in [2.24, 2.45) is 10.9 Å². The van der Waals surface area contributed by atoms with Crippen molar-refractivity contribution in [1.29, 1.82) is 0 Å². The summed E-state index contributed by atoms with van der Waals surface area (Å²) in [5, 5.41) is 7.99. The van der Waals surface area contributed by atoms with E-state index in [9.17, 15) is 0 Å². The Bertz CT molecular complexity index is 497. The Balaban J connectivity index is 0.00000312. The molecule has 1 aromatic heterocycles. The average molecular weight is 479 g/mol. The fraction of sp³-hybridized carbons (Fsp3) is 0.778. The predicted octanol–water partition coefficient (Wildman–Crippen LogP) is 3.29. The van der Waals surface area contributed by atoms with Gasteiger partial charge in [0.15, 0.2) is 5.96 Å². The first kappa shape index (κ1) is 22.6. The fourth-order valence-electron chi connectivity index (χ4n) is 3.08. The zero-order chi connectivity index (χ0) is 17.2. The number of aliphatic imine (C=N–C) groups is 1. The van der Waals surface area contributed by atoms with Crippen molar-refractivity contribution in [3.05, 3.63) is 16.1 Å². The Morgan fingerprint density at radius 1 is 1.32 bits per heavy atom. The van der Waals surface area contributed by atoms with Crippen LogP contribution in [0.15, 0.2) is 11.2 Å². The molecule has 0 aliphatic carbocycles. The molecule has 0 amide bonds. The summed E-state index contributed by atoms with van der Waals surface area (Å²) in [5.74, 6) is 1.68. The van der Waals surface area contributed by atoms with Gasteiger partial charge in [-0.2, -0.15) is 0 Å². The van der Waals surface area contributed by atoms with Crippen LogP contribution in [0.1, 0.15) is 43.0 Å². The number of thiazole rings is 1. The van der Waals surface area contributed by atoms with Crippen LogP contribution in [-0.2, 0) is 6.42 Å². The molecule has 2 N–H and O–H groups in total. The van der Waals surface area contributed by atoms with Gasteiger partial charge in [-0.1, -0.05) is 6.92 Å². The first-order valence-electron chi connectivity index (χ1n) is 9.37. The number of halogens is 1. The van der Waals surface area contributed by atoms with E-state index in [4.69, 9.17) is 4.99 Å². The van der Waals surface area contributed by atoms with Crippen LogP contribution in [0.4, 0.5) is 0 Å². The van der Waals surface area contributed by atoms with Gasteiger partial charge in [-0.3, -0.25) is 4.99 Å². The minimum Gasteiger partial charge on any atom is -0.357 e. The highest BCUT2D eigenvalue weighted by molar-refractivity contribution is 14.0. The lowest BCUT2D eigenvalue weighted by Crippen LogP contribution is -2.39. The van der Waals surface area contributed by atoms with Crippen LogP contribution in [0, 0.1) is 12.8 Å². The first-order chi connectivity index (χ1) is 11.7. The van der Waals surface area contributed by atoms with Crippen molar-refractivity contribution in [3.8, 4) is 0 Å². The zero-order valence-corrected chi connectivity index (χ0v) is 19.0. The van der Waals surface area contributed by atoms with E-state index in [1.807, 2.05) is 6.20 Å². The highest BCUT2D eigenvalue weighted by Crippen LogP contribution is 2.17. The highest BCUT2D eigenvalue weighted by Gasteiger charge is 2.18. The summed E-state index contributed by atoms with van der Waals surface area (Å²) in [6, 6.07) is 0. The van der Waals surface area contributed by atoms with E-state index in [-0.39, 0.29) is 24.0 Å². The van der Waals surface area contributed by atoms with E-state index < -0.39 is 0 Å². The maximum Gasteiger partial charge on any atom is 0.191 e. The number of nitrogens with one attached hydrogen (secondary N) is 2. The van der Waals surface area contributed by atoms with Gasteiger partial charge >= 0.3 is 0 Å². The smallest absolute Gasteiger partial charge is 0.191 e. The molecule has 0 spiro atoms. The van der Waals surface area contributed by atoms with Crippen molar-refractivity contribution >= 4 is 41.3 Å². The number of aryl methyl sites for hydroxylation is 1. The minimum absolute atomic E-state index is 0. The molecule has 0 aromatic carbocycles. The van der Waals surface area contributed by atoms with Crippen molar-refractivity contribution in [1.82, 2.24) is 20.5 Å². The van der Waals surface area contributed by atoms with Crippen LogP contribution < -0.4 is 10.6 Å². The van der Waals surface area contributed by atoms with Crippen molar-refractivity contribution in [2.75, 3.05) is 39.3 Å². The molecule has 0 unspecified atom stereocenters. The summed E-state index contributed by atoms with van der Waals surface area (Å²) in [6.07, 6.45) is 6.72. The molecule has 1 aromatic rings. The molecule has 1 aliphatic heterocycles. The maximum atomic E-state index is 4.80. The normalized spacial score (nSPS) is 16.5. The molecule has 7 heteroatoms. The van der Waals surface area contributed by atoms with Crippen LogP contribution in [0.3, 0.4) is 0 Å². The van der Waals surface area contributed by atoms with Crippen molar-refractivity contribution in [2.45, 2.75) is 46.5 Å². The Morgan fingerprint density at radius 2 is 2.08 bits per heavy atom. The van der Waals surface area contributed by atoms with E-state index in [1.165, 1.54) is 48.8 Å². The largest absolute Gasteiger partial charge is 0.357 e. The second-order valence-electron chi connectivity index (χ2n) is 6.55. The number of piperidine rings is 1. The standard InChI is InChI=1S/C18H33N5S.HI/c1-4-10-23-11-7-16(8-12-23)14-22-18(19-5-2)20-9-6-17-21-13-15(3)24-17;/h13,16H,4-12,14H2,1-3H3,(H2,19,20,22);1H. The second-order valence-corrected chi connectivity index (χ2v) is 7.87. The van der Waals surface area contributed by atoms with Gasteiger partial charge in [-0.15, -0.1) is 35.3 Å². The summed E-state index contributed by atoms with van der Waals surface area (Å²) in [5.41, 5.74) is 0. The lowest BCUT2D eigenvalue weighted by molar-refractivity contribution is 0.188. The number of guanidine groups is 1. The van der Waals surface area contributed by atoms with Gasteiger partial charge in [0, 0.05) is 37.1 Å². The zero-order valence-electron chi connectivity index (χ0n) is 15.9. The van der Waals surface area contributed by atoms with Gasteiger partial charge in [0.2, 0.25) is 0 Å². The number of nitrogens with zero attached hydrogens (tertiary/aromatic N) is 3. The first-order valence-corrected chi connectivity index (χ1v) is 10.2. The lowest BCUT2D eigenvalue weighted by Gasteiger charge is -2.31. The third-order valence-corrected chi connectivity index (χ3v) is 5.37. The third kappa shape index (κ3) is 8.68. The van der Waals surface area contributed by atoms with E-state index in [1.54, 1.807) is 11.3 Å². The molecular weight excluding hydrogens is 445 g/mol. The van der Waals surface area contributed by atoms with Gasteiger partial charge in [0.05, 0.1) is 5.01 Å². The Kier molecular flexibility index (Phi) is 11.6. The van der Waals surface area contributed by atoms with Gasteiger partial charge in [0.25, 0.3) is 0 Å². The molecule has 1 saturated heterocycles. The molecule has 0 atom stereocenters. The molecule has 2 heterocycles. The number of rotatable bonds is 8. The van der Waals surface area contributed by atoms with Crippen LogP contribution in [-0.4, -0.2) is 55.1 Å². The maximum absolute atomic E-state index is 4.80. The predicted molar refractivity (Wildman–Crippen MR) is 119 cm³/mol. The van der Waals surface area contributed by atoms with Gasteiger partial charge < -0.3 is 15.5 Å². The summed E-state index contributed by atoms with van der Waals surface area (Å²) in [7, 11) is 0. The molecular formula is C18H34IN5S. The number of hydrogen-bond donors (Lipinski definition) is 2. The van der Waals surface area contributed by atoms with Crippen molar-refractivity contribution in [3.63, 3.8) is 0 Å². The average Bonchev–Trinajstić information content (AvgIpc) is 2.99. The minimum atomic E-state index is 0. The monoisotopic (exact) mass is 479 g/mol. The van der Waals surface area contributed by atoms with E-state index in [0.29, 0.717) is 0 Å². The van der Waals surface area contributed by atoms with Gasteiger partial charge in [0.1, 0.15) is 0 Å². The van der Waals surface area contributed by atoms with Crippen LogP contribution in [0.5, 0.6) is 0 Å². The molecule has 0 saturated carbocycles. The van der Waals surface area contributed by atoms with Crippen LogP contribution in [0.25, 0.3) is 0 Å². The molecule has 144 valence electrons. The Labute approximate surface area is 174 Å². The van der Waals surface area contributed by atoms with E-state index in [0.717, 1.165) is 37.9 Å².